The van der Waals surface area contributed by atoms with Crippen molar-refractivity contribution in [3.05, 3.63) is 28.8 Å². The molecule has 0 spiro atoms. The van der Waals surface area contributed by atoms with Gasteiger partial charge in [0, 0.05) is 29.7 Å². The van der Waals surface area contributed by atoms with Crippen LogP contribution in [0.1, 0.15) is 31.7 Å². The van der Waals surface area contributed by atoms with Crippen LogP contribution in [0.15, 0.2) is 23.2 Å². The number of likely N-dealkylation sites (tertiary alicyclic amines) is 1. The van der Waals surface area contributed by atoms with Crippen LogP contribution in [-0.4, -0.2) is 49.0 Å². The standard InChI is InChI=1S/C18H28ClN5O/c1-3-24-11-5-6-14(24)12-22-18(20)21-10-9-17(25)23-16-8-4-7-15(19)13(16)2/h4,7-8,14H,3,5-6,9-12H2,1-2H3,(H,23,25)(H3,20,21,22). The summed E-state index contributed by atoms with van der Waals surface area (Å²) >= 11 is 6.05. The van der Waals surface area contributed by atoms with Gasteiger partial charge in [-0.2, -0.15) is 0 Å². The number of halogens is 1. The summed E-state index contributed by atoms with van der Waals surface area (Å²) in [6.07, 6.45) is 2.71. The minimum atomic E-state index is -0.0846. The maximum Gasteiger partial charge on any atom is 0.226 e. The van der Waals surface area contributed by atoms with Crippen LogP contribution in [-0.2, 0) is 4.79 Å². The number of nitrogens with zero attached hydrogens (tertiary/aromatic N) is 2. The molecule has 1 saturated heterocycles. The predicted molar refractivity (Wildman–Crippen MR) is 104 cm³/mol. The molecule has 0 aromatic heterocycles. The number of hydrogen-bond acceptors (Lipinski definition) is 3. The summed E-state index contributed by atoms with van der Waals surface area (Å²) in [5.41, 5.74) is 7.49. The molecule has 0 bridgehead atoms. The van der Waals surface area contributed by atoms with Gasteiger partial charge in [-0.05, 0) is 50.6 Å². The van der Waals surface area contributed by atoms with Crippen molar-refractivity contribution in [2.24, 2.45) is 10.7 Å². The molecule has 2 rings (SSSR count). The largest absolute Gasteiger partial charge is 0.370 e. The van der Waals surface area contributed by atoms with E-state index in [4.69, 9.17) is 17.3 Å². The zero-order chi connectivity index (χ0) is 18.2. The van der Waals surface area contributed by atoms with Crippen molar-refractivity contribution in [2.75, 3.05) is 31.5 Å². The first kappa shape index (κ1) is 19.5. The molecule has 1 atom stereocenters. The van der Waals surface area contributed by atoms with Crippen molar-refractivity contribution < 1.29 is 4.79 Å². The lowest BCUT2D eigenvalue weighted by atomic mass is 10.2. The Labute approximate surface area is 154 Å². The Morgan fingerprint density at radius 1 is 1.48 bits per heavy atom. The maximum absolute atomic E-state index is 12.0. The summed E-state index contributed by atoms with van der Waals surface area (Å²) in [6, 6.07) is 5.94. The van der Waals surface area contributed by atoms with Gasteiger partial charge in [-0.1, -0.05) is 24.6 Å². The molecule has 1 aromatic carbocycles. The number of likely N-dealkylation sites (N-methyl/N-ethyl adjacent to an activating group) is 1. The number of benzene rings is 1. The lowest BCUT2D eigenvalue weighted by Crippen LogP contribution is -2.36. The Kier molecular flexibility index (Phi) is 7.52. The number of carbonyl (C=O) groups is 1. The molecular formula is C18H28ClN5O. The Bertz CT molecular complexity index is 619. The lowest BCUT2D eigenvalue weighted by Gasteiger charge is -2.20. The topological polar surface area (TPSA) is 82.8 Å². The van der Waals surface area contributed by atoms with Crippen molar-refractivity contribution >= 4 is 29.2 Å². The first-order valence-electron chi connectivity index (χ1n) is 8.84. The Morgan fingerprint density at radius 3 is 3.04 bits per heavy atom. The van der Waals surface area contributed by atoms with Crippen molar-refractivity contribution in [1.82, 2.24) is 10.2 Å². The lowest BCUT2D eigenvalue weighted by molar-refractivity contribution is -0.116. The van der Waals surface area contributed by atoms with Crippen LogP contribution in [0.3, 0.4) is 0 Å². The third-order valence-electron chi connectivity index (χ3n) is 4.58. The van der Waals surface area contributed by atoms with Gasteiger partial charge in [-0.3, -0.25) is 14.7 Å². The molecule has 1 aliphatic heterocycles. The van der Waals surface area contributed by atoms with Crippen LogP contribution >= 0.6 is 11.6 Å². The van der Waals surface area contributed by atoms with Gasteiger partial charge in [0.25, 0.3) is 0 Å². The molecule has 0 saturated carbocycles. The van der Waals surface area contributed by atoms with Gasteiger partial charge in [-0.25, -0.2) is 0 Å². The monoisotopic (exact) mass is 365 g/mol. The third-order valence-corrected chi connectivity index (χ3v) is 4.99. The highest BCUT2D eigenvalue weighted by molar-refractivity contribution is 6.31. The molecule has 7 heteroatoms. The SMILES string of the molecule is CCN1CCCC1CN=C(N)NCCC(=O)Nc1cccc(Cl)c1C. The van der Waals surface area contributed by atoms with Gasteiger partial charge < -0.3 is 16.4 Å². The summed E-state index contributed by atoms with van der Waals surface area (Å²) in [7, 11) is 0. The zero-order valence-electron chi connectivity index (χ0n) is 15.0. The molecule has 6 nitrogen and oxygen atoms in total. The highest BCUT2D eigenvalue weighted by Crippen LogP contribution is 2.22. The second-order valence-electron chi connectivity index (χ2n) is 6.29. The number of guanidine groups is 1. The minimum absolute atomic E-state index is 0.0846. The van der Waals surface area contributed by atoms with E-state index in [0.29, 0.717) is 36.5 Å². The second-order valence-corrected chi connectivity index (χ2v) is 6.70. The average Bonchev–Trinajstić information content (AvgIpc) is 3.04. The van der Waals surface area contributed by atoms with Crippen molar-refractivity contribution in [3.63, 3.8) is 0 Å². The van der Waals surface area contributed by atoms with Crippen LogP contribution in [0.25, 0.3) is 0 Å². The van der Waals surface area contributed by atoms with E-state index in [0.717, 1.165) is 24.3 Å². The summed E-state index contributed by atoms with van der Waals surface area (Å²) in [5.74, 6) is 0.313. The summed E-state index contributed by atoms with van der Waals surface area (Å²) in [6.45, 7) is 7.40. The number of nitrogens with one attached hydrogen (secondary N) is 2. The first-order valence-corrected chi connectivity index (χ1v) is 9.21. The molecule has 0 aliphatic carbocycles. The smallest absolute Gasteiger partial charge is 0.226 e. The average molecular weight is 366 g/mol. The fraction of sp³-hybridized carbons (Fsp3) is 0.556. The molecule has 1 amide bonds. The van der Waals surface area contributed by atoms with E-state index < -0.39 is 0 Å². The fourth-order valence-electron chi connectivity index (χ4n) is 3.04. The number of hydrogen-bond donors (Lipinski definition) is 3. The van der Waals surface area contributed by atoms with E-state index in [-0.39, 0.29) is 5.91 Å². The van der Waals surface area contributed by atoms with E-state index in [9.17, 15) is 4.79 Å². The van der Waals surface area contributed by atoms with E-state index in [1.54, 1.807) is 6.07 Å². The minimum Gasteiger partial charge on any atom is -0.370 e. The van der Waals surface area contributed by atoms with Gasteiger partial charge in [0.05, 0.1) is 6.54 Å². The molecular weight excluding hydrogens is 338 g/mol. The highest BCUT2D eigenvalue weighted by atomic mass is 35.5. The Hall–Kier alpha value is -1.79. The third kappa shape index (κ3) is 5.90. The maximum atomic E-state index is 12.0. The number of rotatable bonds is 7. The normalized spacial score (nSPS) is 18.4. The molecule has 1 fully saturated rings. The van der Waals surface area contributed by atoms with Gasteiger partial charge in [0.1, 0.15) is 0 Å². The Morgan fingerprint density at radius 2 is 2.28 bits per heavy atom. The first-order chi connectivity index (χ1) is 12.0. The number of anilines is 1. The second kappa shape index (κ2) is 9.63. The highest BCUT2D eigenvalue weighted by Gasteiger charge is 2.22. The van der Waals surface area contributed by atoms with E-state index in [1.807, 2.05) is 19.1 Å². The van der Waals surface area contributed by atoms with Gasteiger partial charge in [0.2, 0.25) is 5.91 Å². The predicted octanol–water partition coefficient (Wildman–Crippen LogP) is 2.37. The van der Waals surface area contributed by atoms with E-state index >= 15 is 0 Å². The van der Waals surface area contributed by atoms with Crippen LogP contribution in [0.2, 0.25) is 5.02 Å². The molecule has 4 N–H and O–H groups in total. The molecule has 1 aromatic rings. The van der Waals surface area contributed by atoms with Crippen LogP contribution in [0.5, 0.6) is 0 Å². The Balaban J connectivity index is 1.71. The summed E-state index contributed by atoms with van der Waals surface area (Å²) in [4.78, 5) is 18.9. The molecule has 138 valence electrons. The molecule has 1 unspecified atom stereocenters. The summed E-state index contributed by atoms with van der Waals surface area (Å²) < 4.78 is 0. The van der Waals surface area contributed by atoms with Crippen LogP contribution in [0.4, 0.5) is 5.69 Å². The van der Waals surface area contributed by atoms with Crippen molar-refractivity contribution in [2.45, 2.75) is 39.2 Å². The number of carbonyl (C=O) groups excluding carboxylic acids is 1. The zero-order valence-corrected chi connectivity index (χ0v) is 15.8. The van der Waals surface area contributed by atoms with Crippen LogP contribution < -0.4 is 16.4 Å². The van der Waals surface area contributed by atoms with E-state index in [2.05, 4.69) is 27.4 Å². The molecule has 1 aliphatic rings. The van der Waals surface area contributed by atoms with E-state index in [1.165, 1.54) is 12.8 Å². The van der Waals surface area contributed by atoms with Crippen molar-refractivity contribution in [3.8, 4) is 0 Å². The number of amides is 1. The fourth-order valence-corrected chi connectivity index (χ4v) is 3.21. The van der Waals surface area contributed by atoms with Crippen LogP contribution in [0, 0.1) is 6.92 Å². The molecule has 25 heavy (non-hydrogen) atoms. The van der Waals surface area contributed by atoms with Gasteiger partial charge in [-0.15, -0.1) is 0 Å². The molecule has 0 radical (unpaired) electrons. The number of nitrogens with two attached hydrogens (primary N) is 1. The molecule has 1 heterocycles. The van der Waals surface area contributed by atoms with Crippen molar-refractivity contribution in [1.29, 1.82) is 0 Å². The summed E-state index contributed by atoms with van der Waals surface area (Å²) in [5, 5.41) is 6.51. The van der Waals surface area contributed by atoms with Gasteiger partial charge in [0.15, 0.2) is 5.96 Å². The quantitative estimate of drug-likeness (QED) is 0.511. The van der Waals surface area contributed by atoms with Gasteiger partial charge >= 0.3 is 0 Å². The number of aliphatic imine (C=N–C) groups is 1.